The third kappa shape index (κ3) is 10.3. The molecule has 21 heteroatoms. The minimum absolute atomic E-state index is 0.00587. The number of fused-ring (bicyclic) bond motifs is 4. The van der Waals surface area contributed by atoms with Gasteiger partial charge in [-0.1, -0.05) is 0 Å². The SMILES string of the molecule is COc1cc2c(cc1OCCCCC(=O)c1cc(NC(=O)c3nc(NC(=O)c4cc(NC(=O)CCCOc5cc6c(cc5OC)C(=O)N5CCC[C@H]5C=N6)cn4C)cn3C)cn1C)N=C[C@@H]1CCCN1C2=O. The lowest BCUT2D eigenvalue weighted by Gasteiger charge is -2.20. The largest absolute Gasteiger partial charge is 0.493 e. The molecule has 21 nitrogen and oxygen atoms in total. The Balaban J connectivity index is 0.717. The Morgan fingerprint density at radius 1 is 0.611 bits per heavy atom. The number of aromatic nitrogens is 4. The molecule has 0 spiro atoms. The van der Waals surface area contributed by atoms with Crippen molar-refractivity contribution in [2.45, 2.75) is 69.9 Å². The molecule has 5 aromatic rings. The van der Waals surface area contributed by atoms with Crippen LogP contribution in [-0.4, -0.2) is 129 Å². The Labute approximate surface area is 415 Å². The molecule has 3 aromatic heterocycles. The summed E-state index contributed by atoms with van der Waals surface area (Å²) in [5, 5.41) is 8.33. The number of carbonyl (C=O) groups excluding carboxylic acids is 6. The Morgan fingerprint density at radius 3 is 1.76 bits per heavy atom. The van der Waals surface area contributed by atoms with Crippen LogP contribution < -0.4 is 34.9 Å². The van der Waals surface area contributed by atoms with E-state index < -0.39 is 11.8 Å². The van der Waals surface area contributed by atoms with Gasteiger partial charge in [-0.25, -0.2) is 4.98 Å². The van der Waals surface area contributed by atoms with Gasteiger partial charge in [0.2, 0.25) is 11.7 Å². The Morgan fingerprint density at radius 2 is 1.17 bits per heavy atom. The van der Waals surface area contributed by atoms with E-state index in [9.17, 15) is 28.8 Å². The molecule has 2 saturated heterocycles. The van der Waals surface area contributed by atoms with Gasteiger partial charge in [0.25, 0.3) is 23.6 Å². The van der Waals surface area contributed by atoms with Crippen LogP contribution >= 0.6 is 0 Å². The van der Waals surface area contributed by atoms with Gasteiger partial charge in [0.1, 0.15) is 5.69 Å². The first-order chi connectivity index (χ1) is 34.8. The van der Waals surface area contributed by atoms with Crippen molar-refractivity contribution in [2.24, 2.45) is 31.1 Å². The number of unbranched alkanes of at least 4 members (excludes halogenated alkanes) is 1. The van der Waals surface area contributed by atoms with Crippen LogP contribution in [-0.2, 0) is 25.9 Å². The summed E-state index contributed by atoms with van der Waals surface area (Å²) in [4.78, 5) is 96.5. The fourth-order valence-corrected chi connectivity index (χ4v) is 9.45. The smallest absolute Gasteiger partial charge is 0.291 e. The number of benzene rings is 2. The van der Waals surface area contributed by atoms with Gasteiger partial charge in [0, 0.05) is 90.2 Å². The van der Waals surface area contributed by atoms with Crippen molar-refractivity contribution in [3.8, 4) is 23.0 Å². The number of imidazole rings is 1. The second-order valence-electron chi connectivity index (χ2n) is 18.2. The fraction of sp³-hybridized carbons (Fsp3) is 0.392. The van der Waals surface area contributed by atoms with E-state index in [0.717, 1.165) is 25.7 Å². The number of hydrogen-bond donors (Lipinski definition) is 3. The number of nitrogens with zero attached hydrogens (tertiary/aromatic N) is 8. The van der Waals surface area contributed by atoms with Gasteiger partial charge in [0.05, 0.1) is 79.1 Å². The molecule has 0 unspecified atom stereocenters. The van der Waals surface area contributed by atoms with Crippen molar-refractivity contribution in [3.05, 3.63) is 83.3 Å². The summed E-state index contributed by atoms with van der Waals surface area (Å²) in [6.07, 6.45) is 13.9. The lowest BCUT2D eigenvalue weighted by molar-refractivity contribution is -0.116. The van der Waals surface area contributed by atoms with E-state index in [4.69, 9.17) is 18.9 Å². The summed E-state index contributed by atoms with van der Waals surface area (Å²) in [7, 11) is 8.03. The molecule has 3 N–H and O–H groups in total. The van der Waals surface area contributed by atoms with Crippen molar-refractivity contribution >= 4 is 76.3 Å². The van der Waals surface area contributed by atoms with E-state index in [2.05, 4.69) is 30.9 Å². The molecule has 4 aliphatic rings. The van der Waals surface area contributed by atoms with Crippen molar-refractivity contribution in [3.63, 3.8) is 0 Å². The summed E-state index contributed by atoms with van der Waals surface area (Å²) in [5.74, 6) is 0.262. The maximum Gasteiger partial charge on any atom is 0.291 e. The Bertz CT molecular complexity index is 3020. The third-order valence-corrected chi connectivity index (χ3v) is 13.2. The zero-order valence-electron chi connectivity index (χ0n) is 40.9. The highest BCUT2D eigenvalue weighted by atomic mass is 16.5. The fourth-order valence-electron chi connectivity index (χ4n) is 9.45. The monoisotopic (exact) mass is 983 g/mol. The molecule has 72 heavy (non-hydrogen) atoms. The second-order valence-corrected chi connectivity index (χ2v) is 18.2. The molecule has 376 valence electrons. The summed E-state index contributed by atoms with van der Waals surface area (Å²) in [6.45, 7) is 1.90. The highest BCUT2D eigenvalue weighted by Crippen LogP contribution is 2.40. The maximum absolute atomic E-state index is 13.4. The van der Waals surface area contributed by atoms with Gasteiger partial charge in [-0.15, -0.1) is 0 Å². The maximum atomic E-state index is 13.4. The van der Waals surface area contributed by atoms with E-state index in [1.54, 1.807) is 73.0 Å². The van der Waals surface area contributed by atoms with Crippen LogP contribution in [0.25, 0.3) is 0 Å². The van der Waals surface area contributed by atoms with Crippen LogP contribution in [0.3, 0.4) is 0 Å². The molecule has 0 bridgehead atoms. The first kappa shape index (κ1) is 48.8. The van der Waals surface area contributed by atoms with Crippen molar-refractivity contribution in [1.82, 2.24) is 28.5 Å². The molecule has 2 fully saturated rings. The topological polar surface area (TPSA) is 234 Å². The van der Waals surface area contributed by atoms with Crippen LogP contribution in [0.2, 0.25) is 0 Å². The third-order valence-electron chi connectivity index (χ3n) is 13.2. The minimum atomic E-state index is -0.555. The first-order valence-electron chi connectivity index (χ1n) is 24.0. The molecular weight excluding hydrogens is 927 g/mol. The lowest BCUT2D eigenvalue weighted by Crippen LogP contribution is -2.35. The van der Waals surface area contributed by atoms with E-state index in [1.165, 1.54) is 31.0 Å². The van der Waals surface area contributed by atoms with Crippen molar-refractivity contribution in [1.29, 1.82) is 0 Å². The standard InChI is InChI=1S/C51H57N11O10/c1-58-28-31(19-38(58)40(63)13-6-7-17-71-43-23-36-34(21-41(43)69-4)50(67)61-15-8-11-32(61)25-52-36)55-49(66)47-56-45(29-60(47)3)57-48(65)39-20-30(27-59(39)2)54-46(64)14-10-18-72-44-24-37-35(22-42(44)70-5)51(68)62-16-9-12-33(62)26-53-37/h19-29,32-33H,6-18H2,1-5H3,(H,54,64)(H,55,66)(H,57,65)/t32-,33-/m0/s1. The van der Waals surface area contributed by atoms with Gasteiger partial charge >= 0.3 is 0 Å². The van der Waals surface area contributed by atoms with Gasteiger partial charge in [-0.3, -0.25) is 38.8 Å². The molecule has 2 aromatic carbocycles. The van der Waals surface area contributed by atoms with E-state index in [0.29, 0.717) is 102 Å². The predicted molar refractivity (Wildman–Crippen MR) is 267 cm³/mol. The van der Waals surface area contributed by atoms with Crippen LogP contribution in [0.15, 0.2) is 65.0 Å². The van der Waals surface area contributed by atoms with Crippen molar-refractivity contribution < 1.29 is 47.7 Å². The quantitative estimate of drug-likeness (QED) is 0.0598. The highest BCUT2D eigenvalue weighted by molar-refractivity contribution is 6.07. The van der Waals surface area contributed by atoms with Gasteiger partial charge in [-0.05, 0) is 69.2 Å². The molecular formula is C51H57N11O10. The summed E-state index contributed by atoms with van der Waals surface area (Å²) >= 11 is 0. The molecule has 7 heterocycles. The molecule has 0 saturated carbocycles. The number of hydrogen-bond acceptors (Lipinski definition) is 13. The number of rotatable bonds is 19. The van der Waals surface area contributed by atoms with Crippen molar-refractivity contribution in [2.75, 3.05) is 56.5 Å². The number of methoxy groups -OCH3 is 2. The van der Waals surface area contributed by atoms with E-state index >= 15 is 0 Å². The number of Topliss-reactive ketones (excluding diaryl/α,β-unsaturated/α-hetero) is 1. The molecule has 0 aliphatic carbocycles. The number of amides is 5. The summed E-state index contributed by atoms with van der Waals surface area (Å²) < 4.78 is 27.8. The minimum Gasteiger partial charge on any atom is -0.493 e. The zero-order chi connectivity index (χ0) is 50.6. The average molecular weight is 984 g/mol. The number of aryl methyl sites for hydroxylation is 3. The Kier molecular flexibility index (Phi) is 14.2. The van der Waals surface area contributed by atoms with E-state index in [-0.39, 0.29) is 72.4 Å². The number of aliphatic imine (C=N–C) groups is 2. The lowest BCUT2D eigenvalue weighted by atomic mass is 10.1. The Hall–Kier alpha value is -8.23. The molecule has 5 amide bonds. The highest BCUT2D eigenvalue weighted by Gasteiger charge is 2.34. The van der Waals surface area contributed by atoms with Crippen LogP contribution in [0.1, 0.15) is 110 Å². The number of carbonyl (C=O) groups is 6. The second kappa shape index (κ2) is 21.0. The summed E-state index contributed by atoms with van der Waals surface area (Å²) in [6, 6.07) is 9.86. The average Bonchev–Trinajstić information content (AvgIpc) is 4.21. The number of nitrogens with one attached hydrogen (secondary N) is 3. The van der Waals surface area contributed by atoms with Crippen LogP contribution in [0, 0.1) is 0 Å². The van der Waals surface area contributed by atoms with Crippen LogP contribution in [0.5, 0.6) is 23.0 Å². The molecule has 0 radical (unpaired) electrons. The molecule has 2 atom stereocenters. The van der Waals surface area contributed by atoms with Gasteiger partial charge in [-0.2, -0.15) is 0 Å². The normalized spacial score (nSPS) is 16.6. The first-order valence-corrected chi connectivity index (χ1v) is 24.0. The molecule has 4 aliphatic heterocycles. The van der Waals surface area contributed by atoms with E-state index in [1.807, 2.05) is 22.2 Å². The molecule has 9 rings (SSSR count). The van der Waals surface area contributed by atoms with Gasteiger partial charge in [0.15, 0.2) is 34.6 Å². The number of anilines is 3. The number of ketones is 1. The predicted octanol–water partition coefficient (Wildman–Crippen LogP) is 6.49. The number of ether oxygens (including phenoxy) is 4. The zero-order valence-corrected chi connectivity index (χ0v) is 40.9. The van der Waals surface area contributed by atoms with Crippen LogP contribution in [0.4, 0.5) is 28.6 Å². The summed E-state index contributed by atoms with van der Waals surface area (Å²) in [5.41, 5.74) is 3.44. The van der Waals surface area contributed by atoms with Gasteiger partial charge < -0.3 is 58.4 Å².